The van der Waals surface area contributed by atoms with Gasteiger partial charge in [-0.05, 0) is 0 Å². The number of hydrogen-bond donors (Lipinski definition) is 1. The molecule has 0 heterocycles. The number of methoxy groups -OCH3 is 2. The molecule has 4 nitrogen and oxygen atoms in total. The summed E-state index contributed by atoms with van der Waals surface area (Å²) in [4.78, 5) is 10.3. The van der Waals surface area contributed by atoms with Crippen molar-refractivity contribution in [3.8, 4) is 0 Å². The number of carbonyl (C=O) groups is 1. The lowest BCUT2D eigenvalue weighted by molar-refractivity contribution is -0.169. The first-order valence-corrected chi connectivity index (χ1v) is 2.56. The number of aliphatic hydroxyl groups is 1. The van der Waals surface area contributed by atoms with Crippen LogP contribution < -0.4 is 0 Å². The van der Waals surface area contributed by atoms with E-state index in [1.54, 1.807) is 0 Å². The molecule has 2 unspecified atom stereocenters. The molecule has 5 heteroatoms. The van der Waals surface area contributed by atoms with Crippen LogP contribution in [0.2, 0.25) is 0 Å². The molecule has 0 aliphatic carbocycles. The first kappa shape index (κ1) is 9.32. The number of ether oxygens (including phenoxy) is 2. The molecule has 0 amide bonds. The third-order valence-electron chi connectivity index (χ3n) is 0.918. The van der Waals surface area contributed by atoms with Crippen molar-refractivity contribution in [1.82, 2.24) is 0 Å². The first-order chi connectivity index (χ1) is 4.63. The Morgan fingerprint density at radius 1 is 1.60 bits per heavy atom. The second-order valence-corrected chi connectivity index (χ2v) is 1.55. The number of halogens is 1. The van der Waals surface area contributed by atoms with Crippen molar-refractivity contribution in [1.29, 1.82) is 0 Å². The second-order valence-electron chi connectivity index (χ2n) is 1.55. The van der Waals surface area contributed by atoms with Crippen LogP contribution in [-0.2, 0) is 14.3 Å². The van der Waals surface area contributed by atoms with E-state index in [9.17, 15) is 9.18 Å². The van der Waals surface area contributed by atoms with E-state index in [0.717, 1.165) is 14.2 Å². The minimum Gasteiger partial charge on any atom is -0.467 e. The summed E-state index contributed by atoms with van der Waals surface area (Å²) in [6.45, 7) is 0. The van der Waals surface area contributed by atoms with Crippen LogP contribution in [-0.4, -0.2) is 37.8 Å². The van der Waals surface area contributed by atoms with Crippen molar-refractivity contribution in [2.75, 3.05) is 14.2 Å². The van der Waals surface area contributed by atoms with Crippen LogP contribution in [0.15, 0.2) is 0 Å². The lowest BCUT2D eigenvalue weighted by Crippen LogP contribution is -2.32. The van der Waals surface area contributed by atoms with Gasteiger partial charge >= 0.3 is 5.97 Å². The third kappa shape index (κ3) is 2.28. The maximum absolute atomic E-state index is 12.3. The van der Waals surface area contributed by atoms with Crippen molar-refractivity contribution < 1.29 is 23.8 Å². The normalized spacial score (nSPS) is 16.0. The number of hydrogen-bond acceptors (Lipinski definition) is 4. The van der Waals surface area contributed by atoms with E-state index in [0.29, 0.717) is 0 Å². The van der Waals surface area contributed by atoms with Crippen LogP contribution >= 0.6 is 0 Å². The third-order valence-corrected chi connectivity index (χ3v) is 0.918. The summed E-state index contributed by atoms with van der Waals surface area (Å²) in [5.74, 6) is -1.14. The molecule has 0 fully saturated rings. The lowest BCUT2D eigenvalue weighted by Gasteiger charge is -2.10. The van der Waals surface area contributed by atoms with Gasteiger partial charge in [0.05, 0.1) is 7.11 Å². The molecule has 1 N–H and O–H groups in total. The number of alkyl halides is 1. The van der Waals surface area contributed by atoms with Crippen LogP contribution in [0.5, 0.6) is 0 Å². The van der Waals surface area contributed by atoms with Crippen LogP contribution in [0, 0.1) is 0 Å². The quantitative estimate of drug-likeness (QED) is 0.436. The van der Waals surface area contributed by atoms with E-state index >= 15 is 0 Å². The molecular weight excluding hydrogens is 143 g/mol. The highest BCUT2D eigenvalue weighted by atomic mass is 19.1. The van der Waals surface area contributed by atoms with E-state index in [4.69, 9.17) is 5.11 Å². The Kier molecular flexibility index (Phi) is 3.90. The van der Waals surface area contributed by atoms with Gasteiger partial charge in [0.15, 0.2) is 6.29 Å². The van der Waals surface area contributed by atoms with E-state index in [2.05, 4.69) is 9.47 Å². The summed E-state index contributed by atoms with van der Waals surface area (Å²) in [7, 11) is 2.11. The van der Waals surface area contributed by atoms with Gasteiger partial charge < -0.3 is 14.6 Å². The molecule has 0 aromatic carbocycles. The van der Waals surface area contributed by atoms with E-state index in [1.165, 1.54) is 0 Å². The maximum atomic E-state index is 12.3. The van der Waals surface area contributed by atoms with Gasteiger partial charge in [0.2, 0.25) is 6.17 Å². The van der Waals surface area contributed by atoms with Gasteiger partial charge in [-0.2, -0.15) is 0 Å². The minimum atomic E-state index is -2.13. The molecule has 0 aromatic heterocycles. The topological polar surface area (TPSA) is 55.8 Å². The fraction of sp³-hybridized carbons (Fsp3) is 0.800. The largest absolute Gasteiger partial charge is 0.467 e. The van der Waals surface area contributed by atoms with Crippen LogP contribution in [0.4, 0.5) is 4.39 Å². The fourth-order valence-electron chi connectivity index (χ4n) is 0.348. The van der Waals surface area contributed by atoms with Crippen molar-refractivity contribution in [2.24, 2.45) is 0 Å². The standard InChI is InChI=1S/C5H9FO4/c1-9-4(7)3(6)5(8)10-2/h3-4,7H,1-2H3. The zero-order chi connectivity index (χ0) is 8.15. The van der Waals surface area contributed by atoms with Crippen molar-refractivity contribution in [3.63, 3.8) is 0 Å². The molecule has 0 spiro atoms. The van der Waals surface area contributed by atoms with Crippen LogP contribution in [0.1, 0.15) is 0 Å². The zero-order valence-electron chi connectivity index (χ0n) is 5.70. The molecule has 0 aromatic rings. The summed E-state index contributed by atoms with van der Waals surface area (Å²) in [5.41, 5.74) is 0. The SMILES string of the molecule is COC(=O)C(F)C(O)OC. The molecule has 0 saturated carbocycles. The molecule has 0 saturated heterocycles. The van der Waals surface area contributed by atoms with Gasteiger partial charge in [-0.3, -0.25) is 0 Å². The van der Waals surface area contributed by atoms with Gasteiger partial charge in [-0.1, -0.05) is 0 Å². The lowest BCUT2D eigenvalue weighted by atomic mass is 10.4. The highest BCUT2D eigenvalue weighted by Gasteiger charge is 2.26. The summed E-state index contributed by atoms with van der Waals surface area (Å²) in [5, 5.41) is 8.53. The van der Waals surface area contributed by atoms with Gasteiger partial charge in [-0.25, -0.2) is 9.18 Å². The number of rotatable bonds is 3. The second kappa shape index (κ2) is 4.19. The molecular formula is C5H9FO4. The van der Waals surface area contributed by atoms with Crippen LogP contribution in [0.25, 0.3) is 0 Å². The highest BCUT2D eigenvalue weighted by molar-refractivity contribution is 5.74. The van der Waals surface area contributed by atoms with Gasteiger partial charge in [0, 0.05) is 7.11 Å². The van der Waals surface area contributed by atoms with Crippen molar-refractivity contribution in [2.45, 2.75) is 12.5 Å². The molecule has 0 bridgehead atoms. The Balaban J connectivity index is 3.81. The fourth-order valence-corrected chi connectivity index (χ4v) is 0.348. The summed E-state index contributed by atoms with van der Waals surface area (Å²) >= 11 is 0. The molecule has 0 rings (SSSR count). The molecule has 10 heavy (non-hydrogen) atoms. The van der Waals surface area contributed by atoms with E-state index in [-0.39, 0.29) is 0 Å². The maximum Gasteiger partial charge on any atom is 0.345 e. The summed E-state index contributed by atoms with van der Waals surface area (Å²) in [6, 6.07) is 0. The highest BCUT2D eigenvalue weighted by Crippen LogP contribution is 2.00. The van der Waals surface area contributed by atoms with Gasteiger partial charge in [-0.15, -0.1) is 0 Å². The summed E-state index contributed by atoms with van der Waals surface area (Å²) < 4.78 is 20.4. The average molecular weight is 152 g/mol. The van der Waals surface area contributed by atoms with Gasteiger partial charge in [0.25, 0.3) is 0 Å². The zero-order valence-corrected chi connectivity index (χ0v) is 5.70. The predicted octanol–water partition coefficient (Wildman–Crippen LogP) is -0.538. The predicted molar refractivity (Wildman–Crippen MR) is 29.9 cm³/mol. The Morgan fingerprint density at radius 2 is 2.10 bits per heavy atom. The molecule has 0 aliphatic heterocycles. The Hall–Kier alpha value is -0.680. The molecule has 0 aliphatic rings. The van der Waals surface area contributed by atoms with Crippen molar-refractivity contribution in [3.05, 3.63) is 0 Å². The van der Waals surface area contributed by atoms with Crippen molar-refractivity contribution >= 4 is 5.97 Å². The Labute approximate surface area is 57.5 Å². The first-order valence-electron chi connectivity index (χ1n) is 2.56. The Bertz CT molecular complexity index is 116. The van der Waals surface area contributed by atoms with E-state index in [1.807, 2.05) is 0 Å². The molecule has 60 valence electrons. The molecule has 2 atom stereocenters. The Morgan fingerprint density at radius 3 is 2.40 bits per heavy atom. The number of carbonyl (C=O) groups excluding carboxylic acids is 1. The monoisotopic (exact) mass is 152 g/mol. The van der Waals surface area contributed by atoms with E-state index < -0.39 is 18.4 Å². The van der Waals surface area contributed by atoms with Crippen LogP contribution in [0.3, 0.4) is 0 Å². The minimum absolute atomic E-state index is 1.03. The average Bonchev–Trinajstić information content (AvgIpc) is 2.00. The smallest absolute Gasteiger partial charge is 0.345 e. The number of aliphatic hydroxyl groups excluding tert-OH is 1. The number of esters is 1. The summed E-state index contributed by atoms with van der Waals surface area (Å²) in [6.07, 6.45) is -3.87. The molecule has 0 radical (unpaired) electrons. The van der Waals surface area contributed by atoms with Gasteiger partial charge in [0.1, 0.15) is 0 Å².